The van der Waals surface area contributed by atoms with Crippen LogP contribution >= 0.6 is 0 Å². The summed E-state index contributed by atoms with van der Waals surface area (Å²) < 4.78 is 4.81. The van der Waals surface area contributed by atoms with Crippen molar-refractivity contribution in [2.75, 3.05) is 19.8 Å². The van der Waals surface area contributed by atoms with Crippen molar-refractivity contribution in [1.82, 2.24) is 4.90 Å². The monoisotopic (exact) mass is 255 g/mol. The van der Waals surface area contributed by atoms with Crippen molar-refractivity contribution in [3.8, 4) is 0 Å². The minimum absolute atomic E-state index is 0.0190. The number of likely N-dealkylation sites (tertiary alicyclic amines) is 1. The van der Waals surface area contributed by atoms with Crippen molar-refractivity contribution < 1.29 is 24.2 Å². The minimum atomic E-state index is -1.02. The van der Waals surface area contributed by atoms with Gasteiger partial charge >= 0.3 is 5.97 Å². The number of aliphatic carboxylic acids is 1. The summed E-state index contributed by atoms with van der Waals surface area (Å²) in [5.74, 6) is -1.04. The standard InChI is InChI=1S/C12H17NO5/c14-8-10-4-3-5-11(15)13(10)6-1-2-7-18-9-12(16)17/h1-2,8,10H,3-7,9H2,(H,16,17)/b2-1-/t10-/m1/s1. The summed E-state index contributed by atoms with van der Waals surface area (Å²) in [5.41, 5.74) is 0. The average Bonchev–Trinajstić information content (AvgIpc) is 2.34. The molecule has 0 aromatic carbocycles. The van der Waals surface area contributed by atoms with Crippen molar-refractivity contribution in [1.29, 1.82) is 0 Å². The van der Waals surface area contributed by atoms with Crippen LogP contribution in [0.3, 0.4) is 0 Å². The van der Waals surface area contributed by atoms with Crippen LogP contribution in [0.15, 0.2) is 12.2 Å². The normalized spacial score (nSPS) is 20.3. The van der Waals surface area contributed by atoms with Gasteiger partial charge in [0.25, 0.3) is 0 Å². The molecule has 0 unspecified atom stereocenters. The maximum atomic E-state index is 11.6. The number of hydrogen-bond acceptors (Lipinski definition) is 4. The smallest absolute Gasteiger partial charge is 0.329 e. The van der Waals surface area contributed by atoms with E-state index in [1.54, 1.807) is 12.2 Å². The zero-order valence-electron chi connectivity index (χ0n) is 10.1. The first-order valence-electron chi connectivity index (χ1n) is 5.84. The summed E-state index contributed by atoms with van der Waals surface area (Å²) in [7, 11) is 0. The van der Waals surface area contributed by atoms with Gasteiger partial charge in [0.2, 0.25) is 5.91 Å². The molecule has 0 aliphatic carbocycles. The summed E-state index contributed by atoms with van der Waals surface area (Å²) in [6, 6.07) is -0.337. The second kappa shape index (κ2) is 7.60. The van der Waals surface area contributed by atoms with Crippen molar-refractivity contribution in [3.63, 3.8) is 0 Å². The fraction of sp³-hybridized carbons (Fsp3) is 0.583. The number of carbonyl (C=O) groups excluding carboxylic acids is 2. The largest absolute Gasteiger partial charge is 0.480 e. The Bertz CT molecular complexity index is 339. The van der Waals surface area contributed by atoms with Gasteiger partial charge in [-0.1, -0.05) is 12.2 Å². The Kier molecular flexibility index (Phi) is 6.07. The van der Waals surface area contributed by atoms with Gasteiger partial charge in [-0.25, -0.2) is 4.79 Å². The average molecular weight is 255 g/mol. The number of aldehydes is 1. The van der Waals surface area contributed by atoms with E-state index in [1.165, 1.54) is 4.90 Å². The quantitative estimate of drug-likeness (QED) is 0.400. The van der Waals surface area contributed by atoms with Crippen LogP contribution in [-0.4, -0.2) is 54.0 Å². The molecule has 1 aliphatic rings. The summed E-state index contributed by atoms with van der Waals surface area (Å²) in [4.78, 5) is 34.1. The molecule has 1 fully saturated rings. The molecule has 1 aliphatic heterocycles. The second-order valence-electron chi connectivity index (χ2n) is 4.02. The van der Waals surface area contributed by atoms with E-state index in [1.807, 2.05) is 0 Å². The topological polar surface area (TPSA) is 83.9 Å². The first-order chi connectivity index (χ1) is 8.65. The molecule has 1 amide bonds. The van der Waals surface area contributed by atoms with Gasteiger partial charge in [-0.3, -0.25) is 4.79 Å². The Morgan fingerprint density at radius 1 is 1.50 bits per heavy atom. The fourth-order valence-corrected chi connectivity index (χ4v) is 1.80. The van der Waals surface area contributed by atoms with Crippen LogP contribution in [0, 0.1) is 0 Å². The molecule has 0 saturated carbocycles. The molecule has 1 N–H and O–H groups in total. The molecular formula is C12H17NO5. The van der Waals surface area contributed by atoms with E-state index in [4.69, 9.17) is 9.84 Å². The lowest BCUT2D eigenvalue weighted by Crippen LogP contribution is -2.44. The van der Waals surface area contributed by atoms with Crippen molar-refractivity contribution in [2.24, 2.45) is 0 Å². The van der Waals surface area contributed by atoms with Gasteiger partial charge in [0.1, 0.15) is 12.9 Å². The molecule has 18 heavy (non-hydrogen) atoms. The molecule has 6 heteroatoms. The third-order valence-electron chi connectivity index (χ3n) is 2.68. The highest BCUT2D eigenvalue weighted by Crippen LogP contribution is 2.16. The van der Waals surface area contributed by atoms with Crippen molar-refractivity contribution in [3.05, 3.63) is 12.2 Å². The molecule has 0 bridgehead atoms. The molecule has 6 nitrogen and oxygen atoms in total. The number of carbonyl (C=O) groups is 3. The predicted octanol–water partition coefficient (Wildman–Crippen LogP) is 0.224. The summed E-state index contributed by atoms with van der Waals surface area (Å²) in [5, 5.41) is 8.33. The van der Waals surface area contributed by atoms with Gasteiger partial charge in [0.05, 0.1) is 12.6 Å². The van der Waals surface area contributed by atoms with Gasteiger partial charge in [0, 0.05) is 13.0 Å². The summed E-state index contributed by atoms with van der Waals surface area (Å²) in [6.07, 6.45) is 6.09. The van der Waals surface area contributed by atoms with Crippen LogP contribution in [0.1, 0.15) is 19.3 Å². The number of carboxylic acid groups (broad SMARTS) is 1. The predicted molar refractivity (Wildman–Crippen MR) is 63.0 cm³/mol. The zero-order chi connectivity index (χ0) is 13.4. The second-order valence-corrected chi connectivity index (χ2v) is 4.02. The summed E-state index contributed by atoms with van der Waals surface area (Å²) in [6.45, 7) is 0.197. The lowest BCUT2D eigenvalue weighted by Gasteiger charge is -2.31. The van der Waals surface area contributed by atoms with Gasteiger partial charge in [-0.2, -0.15) is 0 Å². The maximum Gasteiger partial charge on any atom is 0.329 e. The Balaban J connectivity index is 2.31. The van der Waals surface area contributed by atoms with Gasteiger partial charge in [-0.15, -0.1) is 0 Å². The van der Waals surface area contributed by atoms with Crippen molar-refractivity contribution >= 4 is 18.2 Å². The van der Waals surface area contributed by atoms with Crippen LogP contribution in [0.25, 0.3) is 0 Å². The first kappa shape index (κ1) is 14.4. The number of hydrogen-bond donors (Lipinski definition) is 1. The third-order valence-corrected chi connectivity index (χ3v) is 2.68. The molecule has 0 spiro atoms. The van der Waals surface area contributed by atoms with E-state index in [-0.39, 0.29) is 25.2 Å². The molecule has 1 heterocycles. The number of piperidine rings is 1. The maximum absolute atomic E-state index is 11.6. The van der Waals surface area contributed by atoms with E-state index < -0.39 is 5.97 Å². The van der Waals surface area contributed by atoms with Crippen LogP contribution in [0.4, 0.5) is 0 Å². The number of ether oxygens (including phenoxy) is 1. The molecule has 100 valence electrons. The Labute approximate surface area is 105 Å². The minimum Gasteiger partial charge on any atom is -0.480 e. The van der Waals surface area contributed by atoms with Crippen LogP contribution in [-0.2, 0) is 19.1 Å². The van der Waals surface area contributed by atoms with E-state index in [2.05, 4.69) is 0 Å². The zero-order valence-corrected chi connectivity index (χ0v) is 10.1. The van der Waals surface area contributed by atoms with E-state index in [0.717, 1.165) is 12.7 Å². The van der Waals surface area contributed by atoms with E-state index >= 15 is 0 Å². The van der Waals surface area contributed by atoms with E-state index in [9.17, 15) is 14.4 Å². The lowest BCUT2D eigenvalue weighted by molar-refractivity contribution is -0.141. The highest BCUT2D eigenvalue weighted by molar-refractivity contribution is 5.81. The Morgan fingerprint density at radius 2 is 2.28 bits per heavy atom. The molecule has 1 rings (SSSR count). The van der Waals surface area contributed by atoms with Gasteiger partial charge in [0.15, 0.2) is 0 Å². The highest BCUT2D eigenvalue weighted by Gasteiger charge is 2.26. The molecule has 0 aromatic rings. The molecule has 1 atom stereocenters. The van der Waals surface area contributed by atoms with Crippen LogP contribution in [0.5, 0.6) is 0 Å². The number of amides is 1. The fourth-order valence-electron chi connectivity index (χ4n) is 1.80. The number of rotatable bonds is 7. The third kappa shape index (κ3) is 4.67. The Hall–Kier alpha value is -1.69. The SMILES string of the molecule is O=C[C@H]1CCCC(=O)N1C/C=C\COCC(=O)O. The molecular weight excluding hydrogens is 238 g/mol. The number of carboxylic acids is 1. The van der Waals surface area contributed by atoms with Gasteiger partial charge in [-0.05, 0) is 12.8 Å². The number of nitrogens with zero attached hydrogens (tertiary/aromatic N) is 1. The van der Waals surface area contributed by atoms with Gasteiger partial charge < -0.3 is 19.5 Å². The van der Waals surface area contributed by atoms with E-state index in [0.29, 0.717) is 19.4 Å². The van der Waals surface area contributed by atoms with Crippen LogP contribution < -0.4 is 0 Å². The molecule has 0 radical (unpaired) electrons. The van der Waals surface area contributed by atoms with Crippen molar-refractivity contribution in [2.45, 2.75) is 25.3 Å². The highest BCUT2D eigenvalue weighted by atomic mass is 16.5. The molecule has 1 saturated heterocycles. The van der Waals surface area contributed by atoms with Crippen LogP contribution in [0.2, 0.25) is 0 Å². The Morgan fingerprint density at radius 3 is 2.94 bits per heavy atom. The summed E-state index contributed by atoms with van der Waals surface area (Å²) >= 11 is 0. The molecule has 0 aromatic heterocycles. The lowest BCUT2D eigenvalue weighted by atomic mass is 10.0. The first-order valence-corrected chi connectivity index (χ1v) is 5.84.